The largest absolute Gasteiger partial charge is 0.497 e. The van der Waals surface area contributed by atoms with Crippen LogP contribution in [0.5, 0.6) is 11.5 Å². The Bertz CT molecular complexity index is 674. The quantitative estimate of drug-likeness (QED) is 0.600. The average molecular weight is 357 g/mol. The standard InChI is InChI=1S/C15H11BrF2O3/c1-20-11-4-2-3-9(5-11)13(19)8-21-14-7-10(16)6-12(17)15(14)18/h2-7H,8H2,1H3. The molecule has 0 saturated carbocycles. The molecular formula is C15H11BrF2O3. The van der Waals surface area contributed by atoms with Gasteiger partial charge in [-0.25, -0.2) is 4.39 Å². The van der Waals surface area contributed by atoms with Crippen LogP contribution < -0.4 is 9.47 Å². The van der Waals surface area contributed by atoms with E-state index in [-0.39, 0.29) is 11.5 Å². The van der Waals surface area contributed by atoms with Gasteiger partial charge in [0.25, 0.3) is 0 Å². The molecule has 0 heterocycles. The second-order valence-electron chi connectivity index (χ2n) is 4.14. The van der Waals surface area contributed by atoms with Gasteiger partial charge in [-0.3, -0.25) is 4.79 Å². The third-order valence-electron chi connectivity index (χ3n) is 2.71. The Morgan fingerprint density at radius 3 is 2.71 bits per heavy atom. The summed E-state index contributed by atoms with van der Waals surface area (Å²) in [7, 11) is 1.49. The first-order chi connectivity index (χ1) is 10.0. The zero-order chi connectivity index (χ0) is 15.4. The number of carbonyl (C=O) groups is 1. The minimum absolute atomic E-state index is 0.321. The summed E-state index contributed by atoms with van der Waals surface area (Å²) in [6.45, 7) is -0.403. The summed E-state index contributed by atoms with van der Waals surface area (Å²) < 4.78 is 37.1. The molecule has 110 valence electrons. The van der Waals surface area contributed by atoms with E-state index in [4.69, 9.17) is 9.47 Å². The SMILES string of the molecule is COc1cccc(C(=O)COc2cc(Br)cc(F)c2F)c1. The summed E-state index contributed by atoms with van der Waals surface area (Å²) in [5.41, 5.74) is 0.366. The zero-order valence-corrected chi connectivity index (χ0v) is 12.6. The van der Waals surface area contributed by atoms with Crippen LogP contribution >= 0.6 is 15.9 Å². The minimum atomic E-state index is -1.13. The van der Waals surface area contributed by atoms with Crippen LogP contribution in [0.3, 0.4) is 0 Å². The van der Waals surface area contributed by atoms with Crippen molar-refractivity contribution in [3.05, 3.63) is 58.1 Å². The van der Waals surface area contributed by atoms with E-state index >= 15 is 0 Å². The molecule has 0 unspecified atom stereocenters. The van der Waals surface area contributed by atoms with Crippen molar-refractivity contribution in [2.45, 2.75) is 0 Å². The molecule has 0 bridgehead atoms. The molecule has 0 radical (unpaired) electrons. The molecule has 2 aromatic carbocycles. The molecule has 0 aliphatic heterocycles. The molecular weight excluding hydrogens is 346 g/mol. The van der Waals surface area contributed by atoms with Crippen LogP contribution in [0, 0.1) is 11.6 Å². The first-order valence-corrected chi connectivity index (χ1v) is 6.75. The molecule has 6 heteroatoms. The van der Waals surface area contributed by atoms with Crippen LogP contribution in [0.2, 0.25) is 0 Å². The molecule has 21 heavy (non-hydrogen) atoms. The fraction of sp³-hybridized carbons (Fsp3) is 0.133. The summed E-state index contributed by atoms with van der Waals surface area (Å²) in [6.07, 6.45) is 0. The normalized spacial score (nSPS) is 10.3. The molecule has 0 amide bonds. The number of benzene rings is 2. The van der Waals surface area contributed by atoms with Crippen LogP contribution in [-0.4, -0.2) is 19.5 Å². The highest BCUT2D eigenvalue weighted by Gasteiger charge is 2.14. The molecule has 0 aromatic heterocycles. The second kappa shape index (κ2) is 6.67. The lowest BCUT2D eigenvalue weighted by atomic mass is 10.1. The highest BCUT2D eigenvalue weighted by atomic mass is 79.9. The van der Waals surface area contributed by atoms with Gasteiger partial charge in [-0.15, -0.1) is 0 Å². The monoisotopic (exact) mass is 356 g/mol. The fourth-order valence-corrected chi connectivity index (χ4v) is 2.07. The zero-order valence-electron chi connectivity index (χ0n) is 11.0. The third-order valence-corrected chi connectivity index (χ3v) is 3.17. The van der Waals surface area contributed by atoms with Crippen molar-refractivity contribution in [2.75, 3.05) is 13.7 Å². The van der Waals surface area contributed by atoms with Crippen LogP contribution in [0.25, 0.3) is 0 Å². The number of ether oxygens (including phenoxy) is 2. The predicted octanol–water partition coefficient (Wildman–Crippen LogP) is 4.00. The van der Waals surface area contributed by atoms with Gasteiger partial charge in [0.1, 0.15) is 5.75 Å². The van der Waals surface area contributed by atoms with Crippen LogP contribution in [0.4, 0.5) is 8.78 Å². The Kier molecular flexibility index (Phi) is 4.90. The summed E-state index contributed by atoms with van der Waals surface area (Å²) in [5.74, 6) is -2.34. The summed E-state index contributed by atoms with van der Waals surface area (Å²) in [4.78, 5) is 12.0. The van der Waals surface area contributed by atoms with Crippen LogP contribution in [-0.2, 0) is 0 Å². The van der Waals surface area contributed by atoms with Crippen molar-refractivity contribution in [3.63, 3.8) is 0 Å². The Hall–Kier alpha value is -1.95. The van der Waals surface area contributed by atoms with E-state index in [0.717, 1.165) is 6.07 Å². The lowest BCUT2D eigenvalue weighted by Gasteiger charge is -2.08. The Balaban J connectivity index is 2.11. The van der Waals surface area contributed by atoms with Gasteiger partial charge in [0, 0.05) is 10.0 Å². The highest BCUT2D eigenvalue weighted by molar-refractivity contribution is 9.10. The molecule has 2 rings (SSSR count). The van der Waals surface area contributed by atoms with E-state index in [2.05, 4.69) is 15.9 Å². The van der Waals surface area contributed by atoms with Crippen molar-refractivity contribution in [3.8, 4) is 11.5 Å². The first-order valence-electron chi connectivity index (χ1n) is 5.96. The lowest BCUT2D eigenvalue weighted by molar-refractivity contribution is 0.0917. The molecule has 3 nitrogen and oxygen atoms in total. The number of methoxy groups -OCH3 is 1. The fourth-order valence-electron chi connectivity index (χ4n) is 1.66. The molecule has 2 aromatic rings. The average Bonchev–Trinajstić information content (AvgIpc) is 2.49. The summed E-state index contributed by atoms with van der Waals surface area (Å²) in [6, 6.07) is 8.73. The molecule has 0 fully saturated rings. The van der Waals surface area contributed by atoms with Crippen LogP contribution in [0.15, 0.2) is 40.9 Å². The van der Waals surface area contributed by atoms with Gasteiger partial charge in [-0.1, -0.05) is 28.1 Å². The summed E-state index contributed by atoms with van der Waals surface area (Å²) in [5, 5.41) is 0. The molecule has 0 aliphatic carbocycles. The van der Waals surface area contributed by atoms with E-state index in [1.165, 1.54) is 13.2 Å². The molecule has 0 spiro atoms. The predicted molar refractivity (Wildman–Crippen MR) is 76.9 cm³/mol. The Morgan fingerprint density at radius 2 is 2.00 bits per heavy atom. The molecule has 0 saturated heterocycles. The van der Waals surface area contributed by atoms with Gasteiger partial charge in [0.15, 0.2) is 24.0 Å². The molecule has 0 aliphatic rings. The van der Waals surface area contributed by atoms with Crippen molar-refractivity contribution in [2.24, 2.45) is 0 Å². The number of Topliss-reactive ketones (excluding diaryl/α,β-unsaturated/α-hetero) is 1. The van der Waals surface area contributed by atoms with Crippen molar-refractivity contribution < 1.29 is 23.0 Å². The van der Waals surface area contributed by atoms with Crippen molar-refractivity contribution >= 4 is 21.7 Å². The van der Waals surface area contributed by atoms with E-state index in [0.29, 0.717) is 15.8 Å². The van der Waals surface area contributed by atoms with Gasteiger partial charge >= 0.3 is 0 Å². The number of halogens is 3. The van der Waals surface area contributed by atoms with Gasteiger partial charge in [0.05, 0.1) is 7.11 Å². The van der Waals surface area contributed by atoms with Crippen LogP contribution in [0.1, 0.15) is 10.4 Å². The highest BCUT2D eigenvalue weighted by Crippen LogP contribution is 2.25. The lowest BCUT2D eigenvalue weighted by Crippen LogP contribution is -2.12. The second-order valence-corrected chi connectivity index (χ2v) is 5.06. The summed E-state index contributed by atoms with van der Waals surface area (Å²) >= 11 is 3.03. The van der Waals surface area contributed by atoms with Gasteiger partial charge in [0.2, 0.25) is 5.82 Å². The molecule has 0 atom stereocenters. The van der Waals surface area contributed by atoms with Gasteiger partial charge in [-0.2, -0.15) is 4.39 Å². The number of rotatable bonds is 5. The minimum Gasteiger partial charge on any atom is -0.497 e. The van der Waals surface area contributed by atoms with Gasteiger partial charge in [-0.05, 0) is 24.3 Å². The van der Waals surface area contributed by atoms with E-state index in [9.17, 15) is 13.6 Å². The molecule has 0 N–H and O–H groups in total. The number of carbonyl (C=O) groups excluding carboxylic acids is 1. The van der Waals surface area contributed by atoms with E-state index in [1.807, 2.05) is 0 Å². The number of hydrogen-bond acceptors (Lipinski definition) is 3. The van der Waals surface area contributed by atoms with Crippen molar-refractivity contribution in [1.82, 2.24) is 0 Å². The maximum atomic E-state index is 13.5. The Labute approximate surface area is 128 Å². The first kappa shape index (κ1) is 15.4. The van der Waals surface area contributed by atoms with E-state index in [1.54, 1.807) is 24.3 Å². The number of ketones is 1. The van der Waals surface area contributed by atoms with Crippen molar-refractivity contribution in [1.29, 1.82) is 0 Å². The Morgan fingerprint density at radius 1 is 1.24 bits per heavy atom. The van der Waals surface area contributed by atoms with E-state index < -0.39 is 18.2 Å². The van der Waals surface area contributed by atoms with Gasteiger partial charge < -0.3 is 9.47 Å². The smallest absolute Gasteiger partial charge is 0.200 e. The third kappa shape index (κ3) is 3.78. The maximum absolute atomic E-state index is 13.5. The topological polar surface area (TPSA) is 35.5 Å². The number of hydrogen-bond donors (Lipinski definition) is 0. The maximum Gasteiger partial charge on any atom is 0.200 e.